The highest BCUT2D eigenvalue weighted by atomic mass is 19.4. The predicted octanol–water partition coefficient (Wildman–Crippen LogP) is 4.46. The van der Waals surface area contributed by atoms with Crippen molar-refractivity contribution in [2.75, 3.05) is 19.6 Å². The molecule has 4 saturated heterocycles. The number of morpholine rings is 1. The zero-order valence-electron chi connectivity index (χ0n) is 40.2. The Morgan fingerprint density at radius 3 is 2.24 bits per heavy atom. The van der Waals surface area contributed by atoms with Gasteiger partial charge in [0.05, 0.1) is 24.3 Å². The van der Waals surface area contributed by atoms with E-state index in [1.807, 2.05) is 0 Å². The first kappa shape index (κ1) is 54.9. The van der Waals surface area contributed by atoms with Crippen LogP contribution >= 0.6 is 0 Å². The average Bonchev–Trinajstić information content (AvgIpc) is 3.88. The van der Waals surface area contributed by atoms with E-state index in [0.29, 0.717) is 25.4 Å². The summed E-state index contributed by atoms with van der Waals surface area (Å²) in [5, 5.41) is 38.0. The van der Waals surface area contributed by atoms with Gasteiger partial charge in [-0.3, -0.25) is 14.2 Å². The number of hydrogen-bond donors (Lipinski definition) is 6. The summed E-state index contributed by atoms with van der Waals surface area (Å²) in [5.74, 6) is -4.67. The van der Waals surface area contributed by atoms with Crippen LogP contribution in [-0.2, 0) is 33.3 Å². The summed E-state index contributed by atoms with van der Waals surface area (Å²) in [7, 11) is 0. The minimum absolute atomic E-state index is 0.0363. The highest BCUT2D eigenvalue weighted by molar-refractivity contribution is 5.83. The summed E-state index contributed by atoms with van der Waals surface area (Å²) in [5.41, 5.74) is 10.1. The molecule has 19 heteroatoms. The van der Waals surface area contributed by atoms with E-state index < -0.39 is 36.0 Å². The number of ether oxygens (including phenoxy) is 4. The van der Waals surface area contributed by atoms with Crippen molar-refractivity contribution in [2.24, 2.45) is 17.4 Å². The van der Waals surface area contributed by atoms with Crippen LogP contribution in [0.2, 0.25) is 0 Å². The van der Waals surface area contributed by atoms with E-state index in [4.69, 9.17) is 40.3 Å². The fraction of sp³-hybridized carbons (Fsp3) is 0.875. The third kappa shape index (κ3) is 14.3. The van der Waals surface area contributed by atoms with Crippen LogP contribution in [0, 0.1) is 5.92 Å². The van der Waals surface area contributed by atoms with Crippen molar-refractivity contribution in [3.05, 3.63) is 12.2 Å². The monoisotopic (exact) mass is 959 g/mol. The van der Waals surface area contributed by atoms with Crippen molar-refractivity contribution in [3.8, 4) is 0 Å². The first-order valence-corrected chi connectivity index (χ1v) is 25.5. The molecule has 0 aromatic rings. The summed E-state index contributed by atoms with van der Waals surface area (Å²) < 4.78 is 59.7. The van der Waals surface area contributed by atoms with Crippen LogP contribution in [0.15, 0.2) is 12.2 Å². The topological polar surface area (TPSA) is 234 Å². The molecule has 0 aromatic carbocycles. The fourth-order valence-electron chi connectivity index (χ4n) is 11.1. The molecule has 0 aliphatic carbocycles. The van der Waals surface area contributed by atoms with Gasteiger partial charge in [-0.05, 0) is 90.6 Å². The van der Waals surface area contributed by atoms with Crippen molar-refractivity contribution in [3.63, 3.8) is 0 Å². The van der Waals surface area contributed by atoms with E-state index in [9.17, 15) is 33.0 Å². The molecular formula is C48H81F3N6O10. The number of alkyl halides is 3. The Balaban J connectivity index is 0.00000111. The summed E-state index contributed by atoms with van der Waals surface area (Å²) >= 11 is 0. The maximum Gasteiger partial charge on any atom is 0.430 e. The number of amides is 1. The molecule has 1 amide bonds. The molecule has 67 heavy (non-hydrogen) atoms. The number of carboxylic acids is 1. The normalized spacial score (nSPS) is 33.1. The fourth-order valence-corrected chi connectivity index (χ4v) is 11.1. The summed E-state index contributed by atoms with van der Waals surface area (Å²) in [6.45, 7) is 7.22. The molecule has 16 nitrogen and oxygen atoms in total. The number of nitrogens with one attached hydrogen (secondary N) is 2. The van der Waals surface area contributed by atoms with Gasteiger partial charge in [0, 0.05) is 32.2 Å². The van der Waals surface area contributed by atoms with Crippen molar-refractivity contribution >= 4 is 23.8 Å². The molecule has 1 unspecified atom stereocenters. The van der Waals surface area contributed by atoms with E-state index in [2.05, 4.69) is 48.1 Å². The number of esters is 1. The van der Waals surface area contributed by atoms with Gasteiger partial charge < -0.3 is 55.4 Å². The largest absolute Gasteiger partial charge is 0.542 e. The molecule has 0 bridgehead atoms. The maximum absolute atomic E-state index is 14.4. The SMILES string of the molecule is CC/C=C/[C@@H]1CC[C@]2(C[C@H]3CC[C@H]4[C@@H](C(=O)OC(CC)CCCCCCCCCCCC[C@@H]5O[C@](O)(CCN)[C@H](O)N(CCCN)C5=O)[C@@]5(CCC[C@H](C)O5)NC(=[N+]34)N2)O1.O=C([O-])C(F)(F)F. The van der Waals surface area contributed by atoms with Crippen molar-refractivity contribution in [2.45, 2.75) is 241 Å². The van der Waals surface area contributed by atoms with Crippen LogP contribution in [0.3, 0.4) is 0 Å². The lowest BCUT2D eigenvalue weighted by Gasteiger charge is -2.50. The van der Waals surface area contributed by atoms with Gasteiger partial charge in [0.2, 0.25) is 11.5 Å². The highest BCUT2D eigenvalue weighted by Gasteiger charge is 2.65. The Hall–Kier alpha value is -3.07. The zero-order chi connectivity index (χ0) is 48.8. The van der Waals surface area contributed by atoms with Crippen molar-refractivity contribution in [1.29, 1.82) is 0 Å². The molecule has 0 radical (unpaired) electrons. The number of nitrogens with zero attached hydrogens (tertiary/aromatic N) is 2. The van der Waals surface area contributed by atoms with Crippen molar-refractivity contribution < 1.29 is 66.4 Å². The first-order chi connectivity index (χ1) is 31.9. The molecule has 11 atom stereocenters. The number of nitrogens with two attached hydrogens (primary N) is 2. The molecule has 384 valence electrons. The number of unbranched alkanes of at least 4 members (excludes halogenated alkanes) is 9. The maximum atomic E-state index is 14.4. The second kappa shape index (κ2) is 25.2. The van der Waals surface area contributed by atoms with E-state index in [1.165, 1.54) is 30.6 Å². The minimum atomic E-state index is -5.19. The van der Waals surface area contributed by atoms with Gasteiger partial charge in [0.15, 0.2) is 17.9 Å². The Kier molecular flexibility index (Phi) is 20.6. The van der Waals surface area contributed by atoms with E-state index in [0.717, 1.165) is 115 Å². The number of halogens is 3. The lowest BCUT2D eigenvalue weighted by molar-refractivity contribution is -0.608. The average molecular weight is 959 g/mol. The van der Waals surface area contributed by atoms with Gasteiger partial charge in [-0.2, -0.15) is 13.2 Å². The Labute approximate surface area is 395 Å². The van der Waals surface area contributed by atoms with Gasteiger partial charge in [-0.1, -0.05) is 83.8 Å². The number of guanidine groups is 1. The molecule has 0 saturated carbocycles. The number of carbonyl (C=O) groups excluding carboxylic acids is 3. The van der Waals surface area contributed by atoms with Gasteiger partial charge in [0.25, 0.3) is 5.91 Å². The first-order valence-electron chi connectivity index (χ1n) is 25.5. The predicted molar refractivity (Wildman–Crippen MR) is 241 cm³/mol. The Morgan fingerprint density at radius 2 is 1.63 bits per heavy atom. The second-order valence-electron chi connectivity index (χ2n) is 19.6. The molecule has 6 heterocycles. The quantitative estimate of drug-likeness (QED) is 0.0360. The molecule has 6 aliphatic heterocycles. The van der Waals surface area contributed by atoms with Crippen LogP contribution in [0.5, 0.6) is 0 Å². The zero-order valence-corrected chi connectivity index (χ0v) is 40.2. The van der Waals surface area contributed by atoms with E-state index in [1.54, 1.807) is 0 Å². The highest BCUT2D eigenvalue weighted by Crippen LogP contribution is 2.47. The van der Waals surface area contributed by atoms with Crippen LogP contribution in [0.4, 0.5) is 13.2 Å². The lowest BCUT2D eigenvalue weighted by atomic mass is 9.80. The summed E-state index contributed by atoms with van der Waals surface area (Å²) in [4.78, 5) is 37.5. The molecule has 2 spiro atoms. The Morgan fingerprint density at radius 1 is 0.955 bits per heavy atom. The van der Waals surface area contributed by atoms with Crippen LogP contribution in [0.1, 0.15) is 175 Å². The summed E-state index contributed by atoms with van der Waals surface area (Å²) in [6.07, 6.45) is 19.5. The van der Waals surface area contributed by atoms with Gasteiger partial charge in [-0.15, -0.1) is 0 Å². The van der Waals surface area contributed by atoms with Gasteiger partial charge in [0.1, 0.15) is 18.2 Å². The van der Waals surface area contributed by atoms with E-state index in [-0.39, 0.29) is 67.4 Å². The third-order valence-corrected chi connectivity index (χ3v) is 14.5. The lowest BCUT2D eigenvalue weighted by Crippen LogP contribution is -2.76. The second-order valence-corrected chi connectivity index (χ2v) is 19.6. The standard InChI is InChI=1S/C46H80N6O8.C2HF3O2/c1-4-6-20-36-25-27-44(59-36)32-34-23-24-37-39(45(26-17-19-33(3)58-45)50-43(49-44)52(34)37)41(54)57-35(5-2)21-15-13-11-9-7-8-10-12-14-16-22-38-40(53)51(31-18-29-47)42(55)46(56,60-38)28-30-48;3-2(4,5)1(6)7/h6,20,33-39,42,55-56H,4-5,7-19,21-32,47-48H2,1-3H3,(H,49,50);(H,6,7)/b20-6+;/t33-,34+,35?,36+,37-,38-,39-,42-,44+,45-,46+;/m0./s1. The number of aliphatic hydroxyl groups is 2. The number of aliphatic hydroxyl groups excluding tert-OH is 1. The van der Waals surface area contributed by atoms with Crippen molar-refractivity contribution in [1.82, 2.24) is 15.5 Å². The third-order valence-electron chi connectivity index (χ3n) is 14.5. The number of aliphatic carboxylic acids is 1. The molecule has 6 aliphatic rings. The summed E-state index contributed by atoms with van der Waals surface area (Å²) in [6, 6.07) is 0.354. The number of rotatable bonds is 23. The van der Waals surface area contributed by atoms with Crippen LogP contribution in [0.25, 0.3) is 0 Å². The minimum Gasteiger partial charge on any atom is -0.542 e. The number of carbonyl (C=O) groups is 3. The number of carboxylic acid groups (broad SMARTS) is 1. The van der Waals surface area contributed by atoms with E-state index >= 15 is 0 Å². The molecule has 8 N–H and O–H groups in total. The molecule has 6 rings (SSSR count). The Bertz CT molecular complexity index is 1680. The number of allylic oxidation sites excluding steroid dienone is 1. The molecule has 4 fully saturated rings. The van der Waals surface area contributed by atoms with Gasteiger partial charge >= 0.3 is 18.1 Å². The molecule has 0 aromatic heterocycles. The van der Waals surface area contributed by atoms with Gasteiger partial charge in [-0.25, -0.2) is 10.6 Å². The number of hydrogen-bond acceptors (Lipinski definition) is 14. The van der Waals surface area contributed by atoms with Crippen LogP contribution in [-0.4, -0.2) is 129 Å². The smallest absolute Gasteiger partial charge is 0.430 e. The molecular weight excluding hydrogens is 878 g/mol. The van der Waals surface area contributed by atoms with Crippen LogP contribution < -0.4 is 27.2 Å².